The van der Waals surface area contributed by atoms with Crippen LogP contribution >= 0.6 is 0 Å². The molecule has 0 saturated carbocycles. The lowest BCUT2D eigenvalue weighted by Gasteiger charge is -2.07. The predicted octanol–water partition coefficient (Wildman–Crippen LogP) is 2.26. The first-order valence-electron chi connectivity index (χ1n) is 4.94. The van der Waals surface area contributed by atoms with Crippen molar-refractivity contribution < 1.29 is 14.5 Å². The smallest absolute Gasteiger partial charge is 0.273 e. The molecule has 16 heavy (non-hydrogen) atoms. The van der Waals surface area contributed by atoms with Crippen LogP contribution in [0.2, 0.25) is 0 Å². The van der Waals surface area contributed by atoms with Gasteiger partial charge in [0.25, 0.3) is 5.69 Å². The van der Waals surface area contributed by atoms with Crippen LogP contribution in [0.15, 0.2) is 18.2 Å². The fourth-order valence-corrected chi connectivity index (χ4v) is 1.12. The number of Topliss-reactive ketones (excluding diaryl/α,β-unsaturated/α-hetero) is 1. The van der Waals surface area contributed by atoms with Crippen LogP contribution < -0.4 is 4.74 Å². The second kappa shape index (κ2) is 5.25. The summed E-state index contributed by atoms with van der Waals surface area (Å²) in [6.07, 6.45) is 0.397. The van der Waals surface area contributed by atoms with E-state index >= 15 is 0 Å². The third-order valence-electron chi connectivity index (χ3n) is 2.17. The molecule has 1 rings (SSSR count). The van der Waals surface area contributed by atoms with Gasteiger partial charge < -0.3 is 4.74 Å². The van der Waals surface area contributed by atoms with Gasteiger partial charge in [0, 0.05) is 12.5 Å². The number of ketones is 1. The SMILES string of the molecule is CCC(=O)COc1cc([N+](=O)[O-])ccc1C. The summed E-state index contributed by atoms with van der Waals surface area (Å²) in [6, 6.07) is 4.34. The zero-order valence-corrected chi connectivity index (χ0v) is 9.23. The Morgan fingerprint density at radius 1 is 1.50 bits per heavy atom. The molecule has 0 bridgehead atoms. The van der Waals surface area contributed by atoms with Crippen molar-refractivity contribution in [2.75, 3.05) is 6.61 Å². The largest absolute Gasteiger partial charge is 0.485 e. The standard InChI is InChI=1S/C11H13NO4/c1-3-10(13)7-16-11-6-9(12(14)15)5-4-8(11)2/h4-6H,3,7H2,1-2H3. The molecule has 0 aliphatic heterocycles. The second-order valence-electron chi connectivity index (χ2n) is 3.39. The van der Waals surface area contributed by atoms with E-state index in [1.165, 1.54) is 12.1 Å². The number of non-ortho nitro benzene ring substituents is 1. The summed E-state index contributed by atoms with van der Waals surface area (Å²) in [5, 5.41) is 10.5. The number of carbonyl (C=O) groups is 1. The van der Waals surface area contributed by atoms with E-state index in [2.05, 4.69) is 0 Å². The molecular weight excluding hydrogens is 210 g/mol. The first-order chi connectivity index (χ1) is 7.54. The minimum absolute atomic E-state index is 0.0362. The lowest BCUT2D eigenvalue weighted by atomic mass is 10.2. The van der Waals surface area contributed by atoms with Gasteiger partial charge in [0.2, 0.25) is 0 Å². The molecule has 5 heteroatoms. The number of benzene rings is 1. The van der Waals surface area contributed by atoms with Crippen LogP contribution in [-0.4, -0.2) is 17.3 Å². The molecule has 0 aliphatic carbocycles. The number of ether oxygens (including phenoxy) is 1. The monoisotopic (exact) mass is 223 g/mol. The van der Waals surface area contributed by atoms with Gasteiger partial charge in [-0.05, 0) is 18.6 Å². The molecule has 0 aromatic heterocycles. The van der Waals surface area contributed by atoms with Crippen LogP contribution in [0.5, 0.6) is 5.75 Å². The molecule has 5 nitrogen and oxygen atoms in total. The Kier molecular flexibility index (Phi) is 3.99. The molecule has 1 aromatic carbocycles. The van der Waals surface area contributed by atoms with Gasteiger partial charge in [-0.15, -0.1) is 0 Å². The Morgan fingerprint density at radius 3 is 2.75 bits per heavy atom. The van der Waals surface area contributed by atoms with E-state index in [4.69, 9.17) is 4.74 Å². The van der Waals surface area contributed by atoms with Crippen LogP contribution in [0.25, 0.3) is 0 Å². The Morgan fingerprint density at radius 2 is 2.19 bits per heavy atom. The van der Waals surface area contributed by atoms with Gasteiger partial charge in [-0.1, -0.05) is 6.92 Å². The molecule has 0 amide bonds. The van der Waals surface area contributed by atoms with Gasteiger partial charge in [0.1, 0.15) is 12.4 Å². The molecule has 0 N–H and O–H groups in total. The predicted molar refractivity (Wildman–Crippen MR) is 58.6 cm³/mol. The number of hydrogen-bond donors (Lipinski definition) is 0. The van der Waals surface area contributed by atoms with Crippen LogP contribution in [0, 0.1) is 17.0 Å². The molecule has 0 aliphatic rings. The quantitative estimate of drug-likeness (QED) is 0.567. The molecule has 0 radical (unpaired) electrons. The fraction of sp³-hybridized carbons (Fsp3) is 0.364. The third kappa shape index (κ3) is 3.05. The second-order valence-corrected chi connectivity index (χ2v) is 3.39. The van der Waals surface area contributed by atoms with Crippen LogP contribution in [0.3, 0.4) is 0 Å². The lowest BCUT2D eigenvalue weighted by molar-refractivity contribution is -0.384. The third-order valence-corrected chi connectivity index (χ3v) is 2.17. The van der Waals surface area contributed by atoms with Gasteiger partial charge in [-0.3, -0.25) is 14.9 Å². The minimum Gasteiger partial charge on any atom is -0.485 e. The van der Waals surface area contributed by atoms with Crippen molar-refractivity contribution >= 4 is 11.5 Å². The summed E-state index contributed by atoms with van der Waals surface area (Å²) in [4.78, 5) is 21.1. The van der Waals surface area contributed by atoms with E-state index in [0.29, 0.717) is 12.2 Å². The number of nitro groups is 1. The van der Waals surface area contributed by atoms with E-state index < -0.39 is 4.92 Å². The van der Waals surface area contributed by atoms with Crippen molar-refractivity contribution in [1.29, 1.82) is 0 Å². The van der Waals surface area contributed by atoms with E-state index in [1.807, 2.05) is 0 Å². The van der Waals surface area contributed by atoms with Gasteiger partial charge in [0.05, 0.1) is 11.0 Å². The summed E-state index contributed by atoms with van der Waals surface area (Å²) in [6.45, 7) is 3.47. The molecule has 1 aromatic rings. The molecule has 0 unspecified atom stereocenters. The minimum atomic E-state index is -0.492. The number of carbonyl (C=O) groups excluding carboxylic acids is 1. The van der Waals surface area contributed by atoms with Crippen LogP contribution in [0.4, 0.5) is 5.69 Å². The molecule has 0 atom stereocenters. The zero-order chi connectivity index (χ0) is 12.1. The number of nitrogens with zero attached hydrogens (tertiary/aromatic N) is 1. The fourth-order valence-electron chi connectivity index (χ4n) is 1.12. The average molecular weight is 223 g/mol. The summed E-state index contributed by atoms with van der Waals surface area (Å²) < 4.78 is 5.23. The van der Waals surface area contributed by atoms with Gasteiger partial charge in [0.15, 0.2) is 5.78 Å². The molecule has 0 spiro atoms. The molecule has 0 fully saturated rings. The first kappa shape index (κ1) is 12.2. The molecule has 0 saturated heterocycles. The van der Waals surface area contributed by atoms with E-state index in [9.17, 15) is 14.9 Å². The highest BCUT2D eigenvalue weighted by atomic mass is 16.6. The first-order valence-corrected chi connectivity index (χ1v) is 4.94. The Bertz CT molecular complexity index is 414. The van der Waals surface area contributed by atoms with Crippen molar-refractivity contribution in [3.8, 4) is 5.75 Å². The van der Waals surface area contributed by atoms with E-state index in [0.717, 1.165) is 5.56 Å². The average Bonchev–Trinajstić information content (AvgIpc) is 2.27. The van der Waals surface area contributed by atoms with Crippen molar-refractivity contribution in [2.24, 2.45) is 0 Å². The van der Waals surface area contributed by atoms with Crippen molar-refractivity contribution in [2.45, 2.75) is 20.3 Å². The highest BCUT2D eigenvalue weighted by molar-refractivity contribution is 5.79. The van der Waals surface area contributed by atoms with Gasteiger partial charge >= 0.3 is 0 Å². The Hall–Kier alpha value is -1.91. The Balaban J connectivity index is 2.82. The normalized spacial score (nSPS) is 9.88. The number of aryl methyl sites for hydroxylation is 1. The maximum absolute atomic E-state index is 11.1. The topological polar surface area (TPSA) is 69.4 Å². The van der Waals surface area contributed by atoms with E-state index in [-0.39, 0.29) is 18.1 Å². The maximum atomic E-state index is 11.1. The van der Waals surface area contributed by atoms with Crippen LogP contribution in [-0.2, 0) is 4.79 Å². The van der Waals surface area contributed by atoms with Gasteiger partial charge in [-0.2, -0.15) is 0 Å². The zero-order valence-electron chi connectivity index (χ0n) is 9.23. The maximum Gasteiger partial charge on any atom is 0.273 e. The Labute approximate surface area is 93.2 Å². The summed E-state index contributed by atoms with van der Waals surface area (Å²) >= 11 is 0. The van der Waals surface area contributed by atoms with Crippen molar-refractivity contribution in [3.63, 3.8) is 0 Å². The van der Waals surface area contributed by atoms with Crippen LogP contribution in [0.1, 0.15) is 18.9 Å². The number of rotatable bonds is 5. The molecule has 86 valence electrons. The molecular formula is C11H13NO4. The number of nitro benzene ring substituents is 1. The summed E-state index contributed by atoms with van der Waals surface area (Å²) in [5.74, 6) is 0.349. The van der Waals surface area contributed by atoms with Crippen molar-refractivity contribution in [1.82, 2.24) is 0 Å². The van der Waals surface area contributed by atoms with E-state index in [1.54, 1.807) is 19.9 Å². The highest BCUT2D eigenvalue weighted by Crippen LogP contribution is 2.23. The number of hydrogen-bond acceptors (Lipinski definition) is 4. The van der Waals surface area contributed by atoms with Crippen molar-refractivity contribution in [3.05, 3.63) is 33.9 Å². The van der Waals surface area contributed by atoms with Gasteiger partial charge in [-0.25, -0.2) is 0 Å². The highest BCUT2D eigenvalue weighted by Gasteiger charge is 2.10. The summed E-state index contributed by atoms with van der Waals surface area (Å²) in [7, 11) is 0. The lowest BCUT2D eigenvalue weighted by Crippen LogP contribution is -2.10. The summed E-state index contributed by atoms with van der Waals surface area (Å²) in [5.41, 5.74) is 0.735. The molecule has 0 heterocycles.